The summed E-state index contributed by atoms with van der Waals surface area (Å²) in [6, 6.07) is 12.1. The fourth-order valence-electron chi connectivity index (χ4n) is 4.15. The average Bonchev–Trinajstić information content (AvgIpc) is 3.35. The van der Waals surface area contributed by atoms with Gasteiger partial charge in [0.2, 0.25) is 0 Å². The molecule has 162 valence electrons. The van der Waals surface area contributed by atoms with Crippen LogP contribution in [-0.2, 0) is 16.0 Å². The number of Topliss-reactive ketones (excluding diaryl/α,β-unsaturated/α-hetero) is 1. The number of amides is 1. The van der Waals surface area contributed by atoms with Crippen LogP contribution < -0.4 is 9.47 Å². The highest BCUT2D eigenvalue weighted by Gasteiger charge is 2.45. The van der Waals surface area contributed by atoms with Crippen LogP contribution in [0.25, 0.3) is 5.76 Å². The van der Waals surface area contributed by atoms with Crippen molar-refractivity contribution in [3.8, 4) is 11.5 Å². The molecule has 2 aliphatic heterocycles. The number of nitrogens with zero attached hydrogens (tertiary/aromatic N) is 1. The first-order valence-electron chi connectivity index (χ1n) is 10.8. The molecular formula is C25H27NO5. The number of fused-ring (bicyclic) bond motifs is 1. The van der Waals surface area contributed by atoms with Crippen LogP contribution in [0.5, 0.6) is 11.5 Å². The number of rotatable bonds is 7. The maximum atomic E-state index is 13.0. The van der Waals surface area contributed by atoms with E-state index in [1.54, 1.807) is 17.0 Å². The van der Waals surface area contributed by atoms with E-state index in [1.807, 2.05) is 44.2 Å². The summed E-state index contributed by atoms with van der Waals surface area (Å²) < 4.78 is 11.2. The molecule has 1 N–H and O–H groups in total. The normalized spacial score (nSPS) is 19.4. The fraction of sp³-hybridized carbons (Fsp3) is 0.360. The Labute approximate surface area is 182 Å². The highest BCUT2D eigenvalue weighted by Crippen LogP contribution is 2.40. The quantitative estimate of drug-likeness (QED) is 0.411. The first-order valence-corrected chi connectivity index (χ1v) is 10.8. The second kappa shape index (κ2) is 8.84. The Morgan fingerprint density at radius 1 is 1.13 bits per heavy atom. The van der Waals surface area contributed by atoms with Gasteiger partial charge in [-0.1, -0.05) is 26.0 Å². The SMILES string of the molecule is CCCOc1ccc(C2/C(=C(/O)c3ccc4c(c3)CCO4)C(=O)C(=O)N2CCC)cc1. The van der Waals surface area contributed by atoms with E-state index in [4.69, 9.17) is 9.47 Å². The van der Waals surface area contributed by atoms with Gasteiger partial charge in [0.1, 0.15) is 17.3 Å². The molecule has 2 aromatic carbocycles. The van der Waals surface area contributed by atoms with E-state index in [-0.39, 0.29) is 11.3 Å². The van der Waals surface area contributed by atoms with Crippen molar-refractivity contribution in [3.63, 3.8) is 0 Å². The van der Waals surface area contributed by atoms with Gasteiger partial charge in [0.05, 0.1) is 24.8 Å². The molecule has 0 aromatic heterocycles. The van der Waals surface area contributed by atoms with Crippen molar-refractivity contribution in [2.75, 3.05) is 19.8 Å². The van der Waals surface area contributed by atoms with Crippen LogP contribution in [-0.4, -0.2) is 41.5 Å². The van der Waals surface area contributed by atoms with Crippen molar-refractivity contribution in [1.29, 1.82) is 0 Å². The van der Waals surface area contributed by atoms with E-state index >= 15 is 0 Å². The number of aliphatic hydroxyl groups excluding tert-OH is 1. The summed E-state index contributed by atoms with van der Waals surface area (Å²) in [5.41, 5.74) is 2.40. The molecule has 1 atom stereocenters. The predicted molar refractivity (Wildman–Crippen MR) is 117 cm³/mol. The lowest BCUT2D eigenvalue weighted by Gasteiger charge is -2.25. The molecule has 0 saturated carbocycles. The molecule has 2 heterocycles. The van der Waals surface area contributed by atoms with Crippen LogP contribution in [0, 0.1) is 0 Å². The molecule has 0 spiro atoms. The minimum atomic E-state index is -0.654. The van der Waals surface area contributed by atoms with Gasteiger partial charge in [0, 0.05) is 18.5 Å². The number of ether oxygens (including phenoxy) is 2. The number of hydrogen-bond donors (Lipinski definition) is 1. The number of hydrogen-bond acceptors (Lipinski definition) is 5. The van der Waals surface area contributed by atoms with Gasteiger partial charge in [0.15, 0.2) is 0 Å². The van der Waals surface area contributed by atoms with Crippen molar-refractivity contribution < 1.29 is 24.2 Å². The summed E-state index contributed by atoms with van der Waals surface area (Å²) >= 11 is 0. The lowest BCUT2D eigenvalue weighted by atomic mass is 9.94. The lowest BCUT2D eigenvalue weighted by molar-refractivity contribution is -0.139. The Bertz CT molecular complexity index is 1020. The molecule has 1 saturated heterocycles. The Morgan fingerprint density at radius 2 is 1.90 bits per heavy atom. The largest absolute Gasteiger partial charge is 0.507 e. The molecule has 2 aliphatic rings. The summed E-state index contributed by atoms with van der Waals surface area (Å²) in [6.07, 6.45) is 2.37. The van der Waals surface area contributed by atoms with Gasteiger partial charge in [-0.15, -0.1) is 0 Å². The first-order chi connectivity index (χ1) is 15.0. The molecule has 2 aromatic rings. The van der Waals surface area contributed by atoms with E-state index < -0.39 is 17.7 Å². The molecule has 1 amide bonds. The number of carbonyl (C=O) groups is 2. The van der Waals surface area contributed by atoms with Gasteiger partial charge < -0.3 is 19.5 Å². The topological polar surface area (TPSA) is 76.1 Å². The highest BCUT2D eigenvalue weighted by atomic mass is 16.5. The zero-order valence-electron chi connectivity index (χ0n) is 17.9. The van der Waals surface area contributed by atoms with Gasteiger partial charge in [-0.05, 0) is 54.3 Å². The van der Waals surface area contributed by atoms with Crippen LogP contribution in [0.2, 0.25) is 0 Å². The second-order valence-corrected chi connectivity index (χ2v) is 7.83. The van der Waals surface area contributed by atoms with Gasteiger partial charge >= 0.3 is 0 Å². The van der Waals surface area contributed by atoms with E-state index in [1.165, 1.54) is 0 Å². The van der Waals surface area contributed by atoms with Crippen LogP contribution in [0.4, 0.5) is 0 Å². The zero-order valence-corrected chi connectivity index (χ0v) is 17.9. The van der Waals surface area contributed by atoms with Gasteiger partial charge in [-0.3, -0.25) is 9.59 Å². The fourth-order valence-corrected chi connectivity index (χ4v) is 4.15. The van der Waals surface area contributed by atoms with Crippen molar-refractivity contribution in [2.24, 2.45) is 0 Å². The first kappa shape index (κ1) is 21.0. The maximum absolute atomic E-state index is 13.0. The van der Waals surface area contributed by atoms with Crippen molar-refractivity contribution in [1.82, 2.24) is 4.90 Å². The molecule has 31 heavy (non-hydrogen) atoms. The van der Waals surface area contributed by atoms with E-state index in [0.29, 0.717) is 31.7 Å². The van der Waals surface area contributed by atoms with E-state index in [2.05, 4.69) is 0 Å². The molecule has 0 aliphatic carbocycles. The molecule has 6 nitrogen and oxygen atoms in total. The third-order valence-electron chi connectivity index (χ3n) is 5.64. The molecule has 0 radical (unpaired) electrons. The smallest absolute Gasteiger partial charge is 0.295 e. The number of benzene rings is 2. The molecule has 1 fully saturated rings. The highest BCUT2D eigenvalue weighted by molar-refractivity contribution is 6.46. The van der Waals surface area contributed by atoms with Gasteiger partial charge in [0.25, 0.3) is 11.7 Å². The zero-order chi connectivity index (χ0) is 22.0. The van der Waals surface area contributed by atoms with Crippen LogP contribution in [0.15, 0.2) is 48.0 Å². The van der Waals surface area contributed by atoms with E-state index in [9.17, 15) is 14.7 Å². The van der Waals surface area contributed by atoms with Crippen molar-refractivity contribution in [2.45, 2.75) is 39.2 Å². The van der Waals surface area contributed by atoms with Gasteiger partial charge in [-0.2, -0.15) is 0 Å². The van der Waals surface area contributed by atoms with Crippen LogP contribution >= 0.6 is 0 Å². The molecule has 4 rings (SSSR count). The molecule has 0 bridgehead atoms. The lowest BCUT2D eigenvalue weighted by Crippen LogP contribution is -2.30. The number of ketones is 1. The second-order valence-electron chi connectivity index (χ2n) is 7.83. The molecule has 6 heteroatoms. The predicted octanol–water partition coefficient (Wildman–Crippen LogP) is 4.24. The number of carbonyl (C=O) groups excluding carboxylic acids is 2. The molecule has 1 unspecified atom stereocenters. The summed E-state index contributed by atoms with van der Waals surface area (Å²) in [4.78, 5) is 27.3. The summed E-state index contributed by atoms with van der Waals surface area (Å²) in [6.45, 7) is 5.65. The number of aliphatic hydroxyl groups is 1. The summed E-state index contributed by atoms with van der Waals surface area (Å²) in [5.74, 6) is 0.144. The number of likely N-dealkylation sites (tertiary alicyclic amines) is 1. The van der Waals surface area contributed by atoms with Crippen LogP contribution in [0.3, 0.4) is 0 Å². The standard InChI is InChI=1S/C25H27NO5/c1-3-12-26-22(16-5-8-19(9-6-16)30-13-4-2)21(24(28)25(26)29)23(27)18-7-10-20-17(15-18)11-14-31-20/h5-10,15,22,27H,3-4,11-14H2,1-2H3/b23-21-. The van der Waals surface area contributed by atoms with Crippen molar-refractivity contribution in [3.05, 3.63) is 64.7 Å². The average molecular weight is 421 g/mol. The Balaban J connectivity index is 1.77. The van der Waals surface area contributed by atoms with Crippen LogP contribution in [0.1, 0.15) is 49.4 Å². The summed E-state index contributed by atoms with van der Waals surface area (Å²) in [5, 5.41) is 11.1. The Hall–Kier alpha value is -3.28. The maximum Gasteiger partial charge on any atom is 0.295 e. The minimum absolute atomic E-state index is 0.125. The minimum Gasteiger partial charge on any atom is -0.507 e. The third kappa shape index (κ3) is 3.90. The monoisotopic (exact) mass is 421 g/mol. The van der Waals surface area contributed by atoms with E-state index in [0.717, 1.165) is 35.5 Å². The summed E-state index contributed by atoms with van der Waals surface area (Å²) in [7, 11) is 0. The van der Waals surface area contributed by atoms with Crippen molar-refractivity contribution >= 4 is 17.4 Å². The third-order valence-corrected chi connectivity index (χ3v) is 5.64. The Kier molecular flexibility index (Phi) is 5.98. The Morgan fingerprint density at radius 3 is 2.61 bits per heavy atom. The van der Waals surface area contributed by atoms with Gasteiger partial charge in [-0.25, -0.2) is 0 Å². The molecular weight excluding hydrogens is 394 g/mol.